The first kappa shape index (κ1) is 11.3. The number of morpholine rings is 1. The molecular formula is C9H18N2O3S. The van der Waals surface area contributed by atoms with Gasteiger partial charge in [-0.1, -0.05) is 0 Å². The molecule has 2 aliphatic rings. The molecule has 2 saturated heterocycles. The predicted octanol–water partition coefficient (Wildman–Crippen LogP) is -0.742. The van der Waals surface area contributed by atoms with E-state index in [0.717, 1.165) is 19.5 Å². The van der Waals surface area contributed by atoms with Gasteiger partial charge in [0.05, 0.1) is 19.0 Å². The summed E-state index contributed by atoms with van der Waals surface area (Å²) in [6.45, 7) is 3.88. The first-order valence-corrected chi connectivity index (χ1v) is 7.06. The zero-order chi connectivity index (χ0) is 10.7. The molecule has 6 heteroatoms. The van der Waals surface area contributed by atoms with Gasteiger partial charge in [-0.25, -0.2) is 8.42 Å². The Balaban J connectivity index is 1.92. The van der Waals surface area contributed by atoms with E-state index in [1.54, 1.807) is 4.31 Å². The van der Waals surface area contributed by atoms with Crippen LogP contribution in [-0.2, 0) is 14.8 Å². The summed E-state index contributed by atoms with van der Waals surface area (Å²) in [6, 6.07) is 0. The van der Waals surface area contributed by atoms with Crippen LogP contribution in [0.2, 0.25) is 0 Å². The molecule has 0 aliphatic carbocycles. The predicted molar refractivity (Wildman–Crippen MR) is 57.2 cm³/mol. The Morgan fingerprint density at radius 2 is 2.07 bits per heavy atom. The van der Waals surface area contributed by atoms with Crippen LogP contribution < -0.4 is 5.32 Å². The third-order valence-corrected chi connectivity index (χ3v) is 5.02. The summed E-state index contributed by atoms with van der Waals surface area (Å²) >= 11 is 0. The fraction of sp³-hybridized carbons (Fsp3) is 1.00. The maximum Gasteiger partial charge on any atom is 0.214 e. The Bertz CT molecular complexity index is 292. The van der Waals surface area contributed by atoms with Crippen molar-refractivity contribution in [2.75, 3.05) is 45.1 Å². The normalized spacial score (nSPS) is 29.5. The van der Waals surface area contributed by atoms with E-state index in [1.807, 2.05) is 0 Å². The van der Waals surface area contributed by atoms with Gasteiger partial charge >= 0.3 is 0 Å². The van der Waals surface area contributed by atoms with Gasteiger partial charge in [0.25, 0.3) is 0 Å². The van der Waals surface area contributed by atoms with Gasteiger partial charge in [0, 0.05) is 13.1 Å². The van der Waals surface area contributed by atoms with Crippen molar-refractivity contribution >= 4 is 10.0 Å². The summed E-state index contributed by atoms with van der Waals surface area (Å²) in [6.07, 6.45) is 0.976. The molecule has 2 aliphatic heterocycles. The highest BCUT2D eigenvalue weighted by Crippen LogP contribution is 2.14. The molecule has 2 fully saturated rings. The highest BCUT2D eigenvalue weighted by Gasteiger charge is 2.28. The third kappa shape index (κ3) is 2.90. The minimum atomic E-state index is -3.05. The zero-order valence-electron chi connectivity index (χ0n) is 8.81. The van der Waals surface area contributed by atoms with Crippen molar-refractivity contribution < 1.29 is 13.2 Å². The summed E-state index contributed by atoms with van der Waals surface area (Å²) in [7, 11) is -3.05. The zero-order valence-corrected chi connectivity index (χ0v) is 9.63. The molecule has 0 aromatic rings. The Labute approximate surface area is 90.8 Å². The topological polar surface area (TPSA) is 58.6 Å². The van der Waals surface area contributed by atoms with Crippen LogP contribution in [0, 0.1) is 5.92 Å². The summed E-state index contributed by atoms with van der Waals surface area (Å²) in [5.41, 5.74) is 0. The molecule has 0 aromatic heterocycles. The van der Waals surface area contributed by atoms with Crippen LogP contribution in [0.25, 0.3) is 0 Å². The number of ether oxygens (including phenoxy) is 1. The van der Waals surface area contributed by atoms with Gasteiger partial charge < -0.3 is 10.1 Å². The molecule has 2 heterocycles. The van der Waals surface area contributed by atoms with Gasteiger partial charge in [0.2, 0.25) is 10.0 Å². The van der Waals surface area contributed by atoms with Crippen LogP contribution >= 0.6 is 0 Å². The number of rotatable bonds is 3. The molecule has 5 nitrogen and oxygen atoms in total. The molecule has 15 heavy (non-hydrogen) atoms. The van der Waals surface area contributed by atoms with Gasteiger partial charge in [0.15, 0.2) is 0 Å². The quantitative estimate of drug-likeness (QED) is 0.698. The number of hydrogen-bond acceptors (Lipinski definition) is 4. The molecule has 0 aromatic carbocycles. The van der Waals surface area contributed by atoms with E-state index >= 15 is 0 Å². The first-order valence-electron chi connectivity index (χ1n) is 5.45. The van der Waals surface area contributed by atoms with Gasteiger partial charge in [0.1, 0.15) is 0 Å². The van der Waals surface area contributed by atoms with E-state index < -0.39 is 10.0 Å². The van der Waals surface area contributed by atoms with Crippen LogP contribution in [0.5, 0.6) is 0 Å². The first-order chi connectivity index (χ1) is 7.18. The van der Waals surface area contributed by atoms with Crippen molar-refractivity contribution in [2.24, 2.45) is 5.92 Å². The number of nitrogens with one attached hydrogen (secondary N) is 1. The van der Waals surface area contributed by atoms with Crippen LogP contribution in [0.15, 0.2) is 0 Å². The van der Waals surface area contributed by atoms with Crippen molar-refractivity contribution in [3.05, 3.63) is 0 Å². The van der Waals surface area contributed by atoms with Gasteiger partial charge in [-0.05, 0) is 25.4 Å². The van der Waals surface area contributed by atoms with Crippen molar-refractivity contribution in [2.45, 2.75) is 6.42 Å². The number of sulfonamides is 1. The third-order valence-electron chi connectivity index (χ3n) is 2.97. The van der Waals surface area contributed by atoms with Crippen LogP contribution in [0.3, 0.4) is 0 Å². The highest BCUT2D eigenvalue weighted by atomic mass is 32.2. The summed E-state index contributed by atoms with van der Waals surface area (Å²) < 4.78 is 30.7. The van der Waals surface area contributed by atoms with Crippen molar-refractivity contribution in [3.63, 3.8) is 0 Å². The standard InChI is InChI=1S/C9H18N2O3S/c12-15(13,8-9-1-2-10-7-9)11-3-5-14-6-4-11/h9-10H,1-8H2. The monoisotopic (exact) mass is 234 g/mol. The summed E-state index contributed by atoms with van der Waals surface area (Å²) in [5, 5.41) is 3.19. The lowest BCUT2D eigenvalue weighted by atomic mass is 10.2. The van der Waals surface area contributed by atoms with Crippen molar-refractivity contribution in [3.8, 4) is 0 Å². The van der Waals surface area contributed by atoms with Crippen LogP contribution in [-0.4, -0.2) is 57.9 Å². The van der Waals surface area contributed by atoms with E-state index in [-0.39, 0.29) is 5.92 Å². The number of hydrogen-bond donors (Lipinski definition) is 1. The minimum absolute atomic E-state index is 0.290. The maximum absolute atomic E-state index is 12.0. The van der Waals surface area contributed by atoms with E-state index in [2.05, 4.69) is 5.32 Å². The number of nitrogens with zero attached hydrogens (tertiary/aromatic N) is 1. The Morgan fingerprint density at radius 1 is 1.33 bits per heavy atom. The molecule has 2 rings (SSSR count). The van der Waals surface area contributed by atoms with Crippen LogP contribution in [0.4, 0.5) is 0 Å². The van der Waals surface area contributed by atoms with E-state index in [0.29, 0.717) is 32.1 Å². The van der Waals surface area contributed by atoms with Crippen molar-refractivity contribution in [1.29, 1.82) is 0 Å². The molecular weight excluding hydrogens is 216 g/mol. The lowest BCUT2D eigenvalue weighted by Gasteiger charge is -2.27. The van der Waals surface area contributed by atoms with Crippen molar-refractivity contribution in [1.82, 2.24) is 9.62 Å². The van der Waals surface area contributed by atoms with Gasteiger partial charge in [-0.3, -0.25) is 0 Å². The molecule has 0 saturated carbocycles. The summed E-state index contributed by atoms with van der Waals surface area (Å²) in [5.74, 6) is 0.581. The second kappa shape index (κ2) is 4.78. The molecule has 1 unspecified atom stereocenters. The molecule has 0 spiro atoms. The van der Waals surface area contributed by atoms with Gasteiger partial charge in [-0.15, -0.1) is 0 Å². The molecule has 0 radical (unpaired) electrons. The molecule has 0 bridgehead atoms. The smallest absolute Gasteiger partial charge is 0.214 e. The lowest BCUT2D eigenvalue weighted by Crippen LogP contribution is -2.43. The lowest BCUT2D eigenvalue weighted by molar-refractivity contribution is 0.0729. The molecule has 1 atom stereocenters. The highest BCUT2D eigenvalue weighted by molar-refractivity contribution is 7.89. The average molecular weight is 234 g/mol. The Morgan fingerprint density at radius 3 is 2.67 bits per heavy atom. The van der Waals surface area contributed by atoms with E-state index in [1.165, 1.54) is 0 Å². The second-order valence-corrected chi connectivity index (χ2v) is 6.16. The minimum Gasteiger partial charge on any atom is -0.379 e. The Hall–Kier alpha value is -0.170. The largest absolute Gasteiger partial charge is 0.379 e. The van der Waals surface area contributed by atoms with Crippen LogP contribution in [0.1, 0.15) is 6.42 Å². The molecule has 0 amide bonds. The summed E-state index contributed by atoms with van der Waals surface area (Å²) in [4.78, 5) is 0. The van der Waals surface area contributed by atoms with Gasteiger partial charge in [-0.2, -0.15) is 4.31 Å². The Kier molecular flexibility index (Phi) is 3.60. The fourth-order valence-electron chi connectivity index (χ4n) is 2.08. The van der Waals surface area contributed by atoms with E-state index in [9.17, 15) is 8.42 Å². The average Bonchev–Trinajstić information content (AvgIpc) is 2.71. The molecule has 1 N–H and O–H groups in total. The fourth-order valence-corrected chi connectivity index (χ4v) is 3.88. The maximum atomic E-state index is 12.0. The molecule has 88 valence electrons. The van der Waals surface area contributed by atoms with E-state index in [4.69, 9.17) is 4.74 Å². The SMILES string of the molecule is O=S(=O)(CC1CCNC1)N1CCOCC1. The second-order valence-electron chi connectivity index (χ2n) is 4.15.